The van der Waals surface area contributed by atoms with Gasteiger partial charge in [0.15, 0.2) is 5.96 Å². The number of rotatable bonds is 8. The van der Waals surface area contributed by atoms with E-state index in [4.69, 9.17) is 4.99 Å². The summed E-state index contributed by atoms with van der Waals surface area (Å²) in [6.45, 7) is 9.21. The van der Waals surface area contributed by atoms with Gasteiger partial charge in [-0.3, -0.25) is 0 Å². The molecule has 28 heavy (non-hydrogen) atoms. The monoisotopic (exact) mass is 396 g/mol. The van der Waals surface area contributed by atoms with E-state index < -0.39 is 0 Å². The highest BCUT2D eigenvalue weighted by molar-refractivity contribution is 7.11. The molecule has 0 aliphatic heterocycles. The summed E-state index contributed by atoms with van der Waals surface area (Å²) in [6.07, 6.45) is 4.74. The minimum absolute atomic E-state index is 0.532. The Labute approximate surface area is 170 Å². The minimum atomic E-state index is 0.532. The molecule has 2 N–H and O–H groups in total. The summed E-state index contributed by atoms with van der Waals surface area (Å²) in [7, 11) is 0. The van der Waals surface area contributed by atoms with Crippen LogP contribution in [0.5, 0.6) is 0 Å². The third-order valence-corrected chi connectivity index (χ3v) is 5.56. The highest BCUT2D eigenvalue weighted by Gasteiger charge is 2.06. The summed E-state index contributed by atoms with van der Waals surface area (Å²) in [5, 5.41) is 7.86. The van der Waals surface area contributed by atoms with Crippen molar-refractivity contribution in [3.8, 4) is 0 Å². The van der Waals surface area contributed by atoms with Crippen LogP contribution in [0.3, 0.4) is 0 Å². The third-order valence-electron chi connectivity index (χ3n) is 4.42. The average molecular weight is 397 g/mol. The summed E-state index contributed by atoms with van der Waals surface area (Å²) in [5.74, 6) is 1.76. The van der Waals surface area contributed by atoms with Crippen molar-refractivity contribution in [1.29, 1.82) is 0 Å². The molecule has 0 saturated carbocycles. The summed E-state index contributed by atoms with van der Waals surface area (Å²) in [6, 6.07) is 10.4. The summed E-state index contributed by atoms with van der Waals surface area (Å²) in [4.78, 5) is 15.1. The van der Waals surface area contributed by atoms with Crippen molar-refractivity contribution in [3.05, 3.63) is 69.7 Å². The predicted octanol–water partition coefficient (Wildman–Crippen LogP) is 3.30. The lowest BCUT2D eigenvalue weighted by atomic mass is 10.2. The molecule has 1 aromatic carbocycles. The van der Waals surface area contributed by atoms with Crippen LogP contribution in [0.25, 0.3) is 0 Å². The number of nitrogens with one attached hydrogen (secondary N) is 2. The molecule has 0 unspecified atom stereocenters. The van der Waals surface area contributed by atoms with Crippen molar-refractivity contribution in [3.63, 3.8) is 0 Å². The molecule has 148 valence electrons. The second-order valence-corrected chi connectivity index (χ2v) is 7.87. The molecule has 3 aromatic rings. The van der Waals surface area contributed by atoms with E-state index in [2.05, 4.69) is 70.2 Å². The van der Waals surface area contributed by atoms with Gasteiger partial charge in [-0.1, -0.05) is 30.3 Å². The SMILES string of the molecule is CCNC(=NCc1nccn1Cc1ccccc1)NCCc1nc(C)c(C)s1. The lowest BCUT2D eigenvalue weighted by molar-refractivity contribution is 0.716. The fourth-order valence-electron chi connectivity index (χ4n) is 2.84. The lowest BCUT2D eigenvalue weighted by Gasteiger charge is -2.11. The van der Waals surface area contributed by atoms with Crippen molar-refractivity contribution >= 4 is 17.3 Å². The summed E-state index contributed by atoms with van der Waals surface area (Å²) < 4.78 is 2.14. The van der Waals surface area contributed by atoms with Crippen molar-refractivity contribution in [2.24, 2.45) is 4.99 Å². The van der Waals surface area contributed by atoms with Gasteiger partial charge < -0.3 is 15.2 Å². The Kier molecular flexibility index (Phi) is 7.19. The van der Waals surface area contributed by atoms with Gasteiger partial charge in [-0.05, 0) is 26.3 Å². The highest BCUT2D eigenvalue weighted by atomic mass is 32.1. The number of hydrogen-bond donors (Lipinski definition) is 2. The van der Waals surface area contributed by atoms with Crippen LogP contribution >= 0.6 is 11.3 Å². The van der Waals surface area contributed by atoms with E-state index in [0.29, 0.717) is 6.54 Å². The maximum absolute atomic E-state index is 4.71. The van der Waals surface area contributed by atoms with Gasteiger partial charge in [-0.15, -0.1) is 11.3 Å². The molecule has 0 fully saturated rings. The second kappa shape index (κ2) is 10.0. The smallest absolute Gasteiger partial charge is 0.191 e. The quantitative estimate of drug-likeness (QED) is 0.453. The van der Waals surface area contributed by atoms with Crippen LogP contribution in [0.15, 0.2) is 47.7 Å². The van der Waals surface area contributed by atoms with Gasteiger partial charge >= 0.3 is 0 Å². The zero-order valence-corrected chi connectivity index (χ0v) is 17.6. The van der Waals surface area contributed by atoms with E-state index in [-0.39, 0.29) is 0 Å². The Balaban J connectivity index is 1.57. The normalized spacial score (nSPS) is 11.6. The number of aryl methyl sites for hydroxylation is 2. The van der Waals surface area contributed by atoms with Crippen LogP contribution in [0.4, 0.5) is 0 Å². The number of guanidine groups is 1. The zero-order valence-electron chi connectivity index (χ0n) is 16.8. The van der Waals surface area contributed by atoms with E-state index in [9.17, 15) is 0 Å². The van der Waals surface area contributed by atoms with E-state index in [0.717, 1.165) is 48.5 Å². The van der Waals surface area contributed by atoms with Gasteiger partial charge in [0.25, 0.3) is 0 Å². The highest BCUT2D eigenvalue weighted by Crippen LogP contribution is 2.16. The summed E-state index contributed by atoms with van der Waals surface area (Å²) in [5.41, 5.74) is 2.38. The first kappa shape index (κ1) is 20.1. The van der Waals surface area contributed by atoms with Gasteiger partial charge in [-0.25, -0.2) is 15.0 Å². The third kappa shape index (κ3) is 5.66. The zero-order chi connectivity index (χ0) is 19.8. The number of thiazole rings is 1. The van der Waals surface area contributed by atoms with Gasteiger partial charge in [0.05, 0.1) is 10.7 Å². The molecule has 3 rings (SSSR count). The van der Waals surface area contributed by atoms with Crippen LogP contribution in [-0.2, 0) is 19.5 Å². The van der Waals surface area contributed by atoms with E-state index in [1.54, 1.807) is 11.3 Å². The summed E-state index contributed by atoms with van der Waals surface area (Å²) >= 11 is 1.77. The first-order chi connectivity index (χ1) is 13.7. The van der Waals surface area contributed by atoms with Crippen molar-refractivity contribution in [2.75, 3.05) is 13.1 Å². The van der Waals surface area contributed by atoms with Crippen LogP contribution in [-0.4, -0.2) is 33.6 Å². The molecule has 0 saturated heterocycles. The Bertz CT molecular complexity index is 877. The average Bonchev–Trinajstić information content (AvgIpc) is 3.26. The molecule has 7 heteroatoms. The molecular weight excluding hydrogens is 368 g/mol. The first-order valence-corrected chi connectivity index (χ1v) is 10.5. The number of hydrogen-bond acceptors (Lipinski definition) is 4. The fraction of sp³-hybridized carbons (Fsp3) is 0.381. The maximum atomic E-state index is 4.71. The number of aromatic nitrogens is 3. The maximum Gasteiger partial charge on any atom is 0.191 e. The molecule has 0 bridgehead atoms. The lowest BCUT2D eigenvalue weighted by Crippen LogP contribution is -2.38. The number of benzene rings is 1. The van der Waals surface area contributed by atoms with Gasteiger partial charge in [-0.2, -0.15) is 0 Å². The Hall–Kier alpha value is -2.67. The van der Waals surface area contributed by atoms with Crippen LogP contribution < -0.4 is 10.6 Å². The topological polar surface area (TPSA) is 67.1 Å². The van der Waals surface area contributed by atoms with E-state index in [1.807, 2.05) is 18.5 Å². The van der Waals surface area contributed by atoms with Gasteiger partial charge in [0.1, 0.15) is 12.4 Å². The fourth-order valence-corrected chi connectivity index (χ4v) is 3.77. The minimum Gasteiger partial charge on any atom is -0.357 e. The Morgan fingerprint density at radius 3 is 2.71 bits per heavy atom. The van der Waals surface area contributed by atoms with Crippen LogP contribution in [0, 0.1) is 13.8 Å². The van der Waals surface area contributed by atoms with Crippen molar-refractivity contribution < 1.29 is 0 Å². The van der Waals surface area contributed by atoms with Crippen molar-refractivity contribution in [2.45, 2.75) is 40.3 Å². The first-order valence-electron chi connectivity index (χ1n) is 9.64. The van der Waals surface area contributed by atoms with Crippen molar-refractivity contribution in [1.82, 2.24) is 25.2 Å². The van der Waals surface area contributed by atoms with E-state index >= 15 is 0 Å². The molecule has 6 nitrogen and oxygen atoms in total. The Morgan fingerprint density at radius 2 is 2.00 bits per heavy atom. The van der Waals surface area contributed by atoms with Crippen LogP contribution in [0.1, 0.15) is 33.9 Å². The molecular formula is C21H28N6S. The van der Waals surface area contributed by atoms with Gasteiger partial charge in [0, 0.05) is 43.3 Å². The Morgan fingerprint density at radius 1 is 1.18 bits per heavy atom. The molecule has 0 spiro atoms. The molecule has 2 heterocycles. The molecule has 2 aromatic heterocycles. The molecule has 0 radical (unpaired) electrons. The molecule has 0 aliphatic rings. The largest absolute Gasteiger partial charge is 0.357 e. The second-order valence-electron chi connectivity index (χ2n) is 6.58. The molecule has 0 atom stereocenters. The molecule has 0 amide bonds. The number of imidazole rings is 1. The van der Waals surface area contributed by atoms with Gasteiger partial charge in [0.2, 0.25) is 0 Å². The van der Waals surface area contributed by atoms with E-state index in [1.165, 1.54) is 10.4 Å². The standard InChI is InChI=1S/C21H28N6S/c1-4-22-21(24-11-10-20-26-16(2)17(3)28-20)25-14-19-23-12-13-27(19)15-18-8-6-5-7-9-18/h5-9,12-13H,4,10-11,14-15H2,1-3H3,(H2,22,24,25). The predicted molar refractivity (Wildman–Crippen MR) is 116 cm³/mol. The molecule has 0 aliphatic carbocycles. The van der Waals surface area contributed by atoms with Crippen LogP contribution in [0.2, 0.25) is 0 Å². The number of aliphatic imine (C=N–C) groups is 1. The number of nitrogens with zero attached hydrogens (tertiary/aromatic N) is 4.